The van der Waals surface area contributed by atoms with E-state index in [1.54, 1.807) is 47.1 Å². The lowest BCUT2D eigenvalue weighted by Crippen LogP contribution is -2.27. The zero-order valence-corrected chi connectivity index (χ0v) is 13.0. The van der Waals surface area contributed by atoms with Gasteiger partial charge in [0.25, 0.3) is 5.91 Å². The van der Waals surface area contributed by atoms with Gasteiger partial charge in [-0.2, -0.15) is 0 Å². The highest BCUT2D eigenvalue weighted by Crippen LogP contribution is 2.22. The zero-order valence-electron chi connectivity index (χ0n) is 13.0. The van der Waals surface area contributed by atoms with Gasteiger partial charge in [-0.3, -0.25) is 9.78 Å². The molecule has 2 heterocycles. The molecule has 0 saturated heterocycles. The van der Waals surface area contributed by atoms with E-state index in [2.05, 4.69) is 9.97 Å². The summed E-state index contributed by atoms with van der Waals surface area (Å²) >= 11 is 0. The first-order chi connectivity index (χ1) is 11.1. The molecule has 3 rings (SSSR count). The van der Waals surface area contributed by atoms with E-state index in [4.69, 9.17) is 0 Å². The summed E-state index contributed by atoms with van der Waals surface area (Å²) in [6.45, 7) is 2.69. The van der Waals surface area contributed by atoms with Crippen LogP contribution in [-0.4, -0.2) is 38.8 Å². The average Bonchev–Trinajstić information content (AvgIpc) is 2.99. The van der Waals surface area contributed by atoms with Crippen molar-refractivity contribution in [3.05, 3.63) is 54.4 Å². The molecule has 0 fully saturated rings. The second-order valence-corrected chi connectivity index (χ2v) is 5.37. The lowest BCUT2D eigenvalue weighted by Gasteiger charge is -2.13. The molecule has 2 aromatic heterocycles. The van der Waals surface area contributed by atoms with Crippen LogP contribution in [0.1, 0.15) is 23.8 Å². The molecule has 0 unspecified atom stereocenters. The monoisotopic (exact) mass is 312 g/mol. The van der Waals surface area contributed by atoms with Gasteiger partial charge in [0.2, 0.25) is 0 Å². The number of benzene rings is 1. The number of carbonyl (C=O) groups excluding carboxylic acids is 1. The Balaban J connectivity index is 2.05. The molecule has 118 valence electrons. The van der Waals surface area contributed by atoms with Gasteiger partial charge in [0, 0.05) is 37.7 Å². The Hall–Kier alpha value is -2.76. The fourth-order valence-corrected chi connectivity index (χ4v) is 2.47. The van der Waals surface area contributed by atoms with Crippen molar-refractivity contribution in [2.75, 3.05) is 13.6 Å². The highest BCUT2D eigenvalue weighted by molar-refractivity contribution is 5.93. The summed E-state index contributed by atoms with van der Waals surface area (Å²) in [7, 11) is 1.76. The van der Waals surface area contributed by atoms with Gasteiger partial charge < -0.3 is 9.30 Å². The fraction of sp³-hybridized carbons (Fsp3) is 0.235. The van der Waals surface area contributed by atoms with Crippen LogP contribution in [0.2, 0.25) is 0 Å². The predicted molar refractivity (Wildman–Crippen MR) is 85.6 cm³/mol. The first-order valence-corrected chi connectivity index (χ1v) is 7.45. The Kier molecular flexibility index (Phi) is 4.06. The molecular formula is C17H17FN4O. The average molecular weight is 312 g/mol. The van der Waals surface area contributed by atoms with E-state index in [1.807, 2.05) is 6.92 Å². The predicted octanol–water partition coefficient (Wildman–Crippen LogP) is 3.02. The molecule has 5 nitrogen and oxygen atoms in total. The fourth-order valence-electron chi connectivity index (χ4n) is 2.47. The van der Waals surface area contributed by atoms with Crippen LogP contribution in [-0.2, 0) is 0 Å². The molecule has 0 aliphatic rings. The van der Waals surface area contributed by atoms with E-state index < -0.39 is 0 Å². The number of nitrogens with zero attached hydrogens (tertiary/aromatic N) is 4. The van der Waals surface area contributed by atoms with Gasteiger partial charge in [0.15, 0.2) is 5.65 Å². The lowest BCUT2D eigenvalue weighted by atomic mass is 10.1. The van der Waals surface area contributed by atoms with Crippen LogP contribution >= 0.6 is 0 Å². The summed E-state index contributed by atoms with van der Waals surface area (Å²) < 4.78 is 14.9. The molecule has 0 N–H and O–H groups in total. The van der Waals surface area contributed by atoms with Gasteiger partial charge >= 0.3 is 0 Å². The largest absolute Gasteiger partial charge is 0.340 e. The molecule has 0 atom stereocenters. The Bertz CT molecular complexity index is 841. The third-order valence-electron chi connectivity index (χ3n) is 3.62. The van der Waals surface area contributed by atoms with Crippen molar-refractivity contribution in [2.45, 2.75) is 13.3 Å². The van der Waals surface area contributed by atoms with E-state index in [9.17, 15) is 9.18 Å². The molecule has 0 bridgehead atoms. The third-order valence-corrected chi connectivity index (χ3v) is 3.62. The smallest absolute Gasteiger partial charge is 0.273 e. The quantitative estimate of drug-likeness (QED) is 0.744. The van der Waals surface area contributed by atoms with Crippen molar-refractivity contribution in [1.82, 2.24) is 19.3 Å². The van der Waals surface area contributed by atoms with Crippen molar-refractivity contribution >= 4 is 11.6 Å². The Morgan fingerprint density at radius 1 is 1.30 bits per heavy atom. The number of rotatable bonds is 4. The summed E-state index contributed by atoms with van der Waals surface area (Å²) in [5.41, 5.74) is 2.32. The lowest BCUT2D eigenvalue weighted by molar-refractivity contribution is 0.0790. The first-order valence-electron chi connectivity index (χ1n) is 7.45. The number of aromatic nitrogens is 3. The van der Waals surface area contributed by atoms with Gasteiger partial charge in [-0.25, -0.2) is 9.37 Å². The number of hydrogen-bond acceptors (Lipinski definition) is 3. The van der Waals surface area contributed by atoms with E-state index in [0.29, 0.717) is 23.6 Å². The second-order valence-electron chi connectivity index (χ2n) is 5.37. The Labute approximate surface area is 133 Å². The number of halogens is 1. The van der Waals surface area contributed by atoms with Crippen molar-refractivity contribution in [3.8, 4) is 11.3 Å². The van der Waals surface area contributed by atoms with Crippen molar-refractivity contribution in [1.29, 1.82) is 0 Å². The summed E-state index contributed by atoms with van der Waals surface area (Å²) in [5.74, 6) is -0.429. The van der Waals surface area contributed by atoms with Crippen LogP contribution in [0.25, 0.3) is 16.9 Å². The van der Waals surface area contributed by atoms with Crippen molar-refractivity contribution in [3.63, 3.8) is 0 Å². The molecule has 6 heteroatoms. The summed E-state index contributed by atoms with van der Waals surface area (Å²) in [5, 5.41) is 0. The molecule has 1 amide bonds. The maximum absolute atomic E-state index is 13.1. The molecule has 0 spiro atoms. The third kappa shape index (κ3) is 2.92. The highest BCUT2D eigenvalue weighted by atomic mass is 19.1. The summed E-state index contributed by atoms with van der Waals surface area (Å²) in [6, 6.07) is 6.06. The van der Waals surface area contributed by atoms with E-state index in [-0.39, 0.29) is 11.7 Å². The van der Waals surface area contributed by atoms with Crippen LogP contribution in [0.3, 0.4) is 0 Å². The first kappa shape index (κ1) is 15.1. The number of fused-ring (bicyclic) bond motifs is 1. The highest BCUT2D eigenvalue weighted by Gasteiger charge is 2.17. The second kappa shape index (κ2) is 6.16. The number of amides is 1. The van der Waals surface area contributed by atoms with Crippen molar-refractivity contribution in [2.24, 2.45) is 0 Å². The topological polar surface area (TPSA) is 50.5 Å². The maximum Gasteiger partial charge on any atom is 0.273 e. The van der Waals surface area contributed by atoms with E-state index in [0.717, 1.165) is 12.0 Å². The van der Waals surface area contributed by atoms with Gasteiger partial charge in [-0.05, 0) is 30.7 Å². The standard InChI is InChI=1S/C17H17FN4O/c1-3-9-21(2)17(23)14-11-22-10-8-19-15(16(22)20-14)12-4-6-13(18)7-5-12/h4-8,10-11H,3,9H2,1-2H3. The normalized spacial score (nSPS) is 10.9. The van der Waals surface area contributed by atoms with Crippen LogP contribution in [0, 0.1) is 5.82 Å². The van der Waals surface area contributed by atoms with Crippen LogP contribution in [0.15, 0.2) is 42.9 Å². The van der Waals surface area contributed by atoms with E-state index in [1.165, 1.54) is 12.1 Å². The van der Waals surface area contributed by atoms with Crippen LogP contribution < -0.4 is 0 Å². The molecule has 0 radical (unpaired) electrons. The van der Waals surface area contributed by atoms with Gasteiger partial charge in [-0.1, -0.05) is 6.92 Å². The summed E-state index contributed by atoms with van der Waals surface area (Å²) in [6.07, 6.45) is 5.96. The SMILES string of the molecule is CCCN(C)C(=O)c1cn2ccnc(-c3ccc(F)cc3)c2n1. The van der Waals surface area contributed by atoms with Gasteiger partial charge in [0.1, 0.15) is 17.2 Å². The minimum absolute atomic E-state index is 0.124. The molecule has 0 aliphatic heterocycles. The van der Waals surface area contributed by atoms with Crippen LogP contribution in [0.5, 0.6) is 0 Å². The molecule has 23 heavy (non-hydrogen) atoms. The minimum Gasteiger partial charge on any atom is -0.340 e. The molecule has 0 aliphatic carbocycles. The maximum atomic E-state index is 13.1. The number of hydrogen-bond donors (Lipinski definition) is 0. The molecule has 0 saturated carbocycles. The summed E-state index contributed by atoms with van der Waals surface area (Å²) in [4.78, 5) is 22.8. The number of carbonyl (C=O) groups is 1. The van der Waals surface area contributed by atoms with Crippen LogP contribution in [0.4, 0.5) is 4.39 Å². The van der Waals surface area contributed by atoms with E-state index >= 15 is 0 Å². The molecule has 1 aromatic carbocycles. The Morgan fingerprint density at radius 2 is 2.04 bits per heavy atom. The van der Waals surface area contributed by atoms with Crippen molar-refractivity contribution < 1.29 is 9.18 Å². The van der Waals surface area contributed by atoms with Gasteiger partial charge in [0.05, 0.1) is 0 Å². The zero-order chi connectivity index (χ0) is 16.4. The minimum atomic E-state index is -0.305. The number of imidazole rings is 1. The molecule has 3 aromatic rings. The van der Waals surface area contributed by atoms with Gasteiger partial charge in [-0.15, -0.1) is 0 Å². The molecular weight excluding hydrogens is 295 g/mol. The Morgan fingerprint density at radius 3 is 2.74 bits per heavy atom.